The molecular formula is C26H40F3N3O8. The number of nitrogens with zero attached hydrogens (tertiary/aromatic N) is 1. The van der Waals surface area contributed by atoms with Crippen LogP contribution in [-0.4, -0.2) is 97.9 Å². The Bertz CT molecular complexity index is 907. The summed E-state index contributed by atoms with van der Waals surface area (Å²) in [5, 5.41) is 23.2. The first-order valence-electron chi connectivity index (χ1n) is 13.0. The van der Waals surface area contributed by atoms with Crippen LogP contribution >= 0.6 is 0 Å². The Hall–Kier alpha value is -3.10. The van der Waals surface area contributed by atoms with Gasteiger partial charge in [-0.05, 0) is 44.5 Å². The molecule has 1 aliphatic rings. The van der Waals surface area contributed by atoms with Gasteiger partial charge >= 0.3 is 24.1 Å². The van der Waals surface area contributed by atoms with Crippen molar-refractivity contribution in [3.05, 3.63) is 24.3 Å². The van der Waals surface area contributed by atoms with Crippen LogP contribution in [0.1, 0.15) is 40.0 Å². The van der Waals surface area contributed by atoms with Crippen LogP contribution in [0.15, 0.2) is 24.3 Å². The number of unbranched alkanes of at least 4 members (excludes halogenated alkanes) is 1. The summed E-state index contributed by atoms with van der Waals surface area (Å²) in [5.41, 5.74) is -0.520. The number of benzene rings is 1. The van der Waals surface area contributed by atoms with E-state index in [0.717, 1.165) is 19.3 Å². The molecule has 0 saturated carbocycles. The van der Waals surface area contributed by atoms with E-state index in [2.05, 4.69) is 17.6 Å². The van der Waals surface area contributed by atoms with Gasteiger partial charge in [-0.2, -0.15) is 13.2 Å². The maximum atomic E-state index is 12.4. The van der Waals surface area contributed by atoms with Gasteiger partial charge in [-0.3, -0.25) is 4.79 Å². The van der Waals surface area contributed by atoms with Crippen molar-refractivity contribution in [2.45, 2.75) is 52.3 Å². The fourth-order valence-electron chi connectivity index (χ4n) is 3.23. The molecule has 1 aromatic carbocycles. The average molecular weight is 580 g/mol. The van der Waals surface area contributed by atoms with E-state index in [1.54, 1.807) is 29.2 Å². The molecule has 1 aliphatic heterocycles. The van der Waals surface area contributed by atoms with Gasteiger partial charge in [0.1, 0.15) is 24.2 Å². The predicted molar refractivity (Wildman–Crippen MR) is 139 cm³/mol. The van der Waals surface area contributed by atoms with Gasteiger partial charge in [-0.25, -0.2) is 9.59 Å². The standard InChI is InChI=1S/C24H39N3O6.C2HF3O2/c1-4-5-10-24(2,3)22(29)33-21-8-6-20(7-9-21)32-18-19(28)17-25-11-12-26-23(30)27-13-15-31-16-14-27;3-2(4,5)1(6)7/h6-9,19,25,28H,4-5,10-18H2,1-3H3,(H,26,30);(H,6,7). The first kappa shape index (κ1) is 34.9. The van der Waals surface area contributed by atoms with Crippen LogP contribution in [0.3, 0.4) is 0 Å². The van der Waals surface area contributed by atoms with E-state index in [0.29, 0.717) is 57.4 Å². The van der Waals surface area contributed by atoms with Crippen molar-refractivity contribution in [2.24, 2.45) is 5.41 Å². The number of morpholine rings is 1. The van der Waals surface area contributed by atoms with Gasteiger partial charge in [0.2, 0.25) is 0 Å². The molecule has 14 heteroatoms. The zero-order valence-electron chi connectivity index (χ0n) is 23.1. The number of nitrogens with one attached hydrogen (secondary N) is 2. The molecule has 4 N–H and O–H groups in total. The molecule has 0 radical (unpaired) electrons. The second-order valence-electron chi connectivity index (χ2n) is 9.65. The van der Waals surface area contributed by atoms with Gasteiger partial charge in [0.05, 0.1) is 18.6 Å². The minimum atomic E-state index is -5.08. The Morgan fingerprint density at radius 2 is 1.65 bits per heavy atom. The van der Waals surface area contributed by atoms with Crippen LogP contribution < -0.4 is 20.1 Å². The molecule has 0 bridgehead atoms. The van der Waals surface area contributed by atoms with Crippen molar-refractivity contribution >= 4 is 18.0 Å². The third kappa shape index (κ3) is 14.3. The fraction of sp³-hybridized carbons (Fsp3) is 0.654. The number of rotatable bonds is 13. The number of amides is 2. The minimum Gasteiger partial charge on any atom is -0.491 e. The van der Waals surface area contributed by atoms with Gasteiger partial charge in [-0.15, -0.1) is 0 Å². The largest absolute Gasteiger partial charge is 0.491 e. The number of aliphatic carboxylic acids is 1. The van der Waals surface area contributed by atoms with Gasteiger partial charge in [0, 0.05) is 32.7 Å². The lowest BCUT2D eigenvalue weighted by Crippen LogP contribution is -2.47. The number of carboxylic acids is 1. The number of esters is 1. The topological polar surface area (TPSA) is 147 Å². The molecule has 1 unspecified atom stereocenters. The summed E-state index contributed by atoms with van der Waals surface area (Å²) in [4.78, 5) is 35.0. The molecule has 228 valence electrons. The lowest BCUT2D eigenvalue weighted by Gasteiger charge is -2.27. The highest BCUT2D eigenvalue weighted by Crippen LogP contribution is 2.27. The predicted octanol–water partition coefficient (Wildman–Crippen LogP) is 2.81. The Morgan fingerprint density at radius 3 is 2.20 bits per heavy atom. The maximum Gasteiger partial charge on any atom is 0.490 e. The van der Waals surface area contributed by atoms with Gasteiger partial charge < -0.3 is 40.0 Å². The first-order valence-corrected chi connectivity index (χ1v) is 13.0. The summed E-state index contributed by atoms with van der Waals surface area (Å²) in [6, 6.07) is 6.70. The van der Waals surface area contributed by atoms with Gasteiger partial charge in [0.15, 0.2) is 0 Å². The van der Waals surface area contributed by atoms with Gasteiger partial charge in [-0.1, -0.05) is 19.8 Å². The molecule has 1 aromatic rings. The molecule has 2 rings (SSSR count). The molecule has 40 heavy (non-hydrogen) atoms. The zero-order chi connectivity index (χ0) is 30.2. The number of carbonyl (C=O) groups is 3. The molecule has 0 aliphatic carbocycles. The van der Waals surface area contributed by atoms with E-state index in [-0.39, 0.29) is 18.6 Å². The van der Waals surface area contributed by atoms with Crippen LogP contribution in [0.25, 0.3) is 0 Å². The highest BCUT2D eigenvalue weighted by atomic mass is 19.4. The van der Waals surface area contributed by atoms with Crippen molar-refractivity contribution in [2.75, 3.05) is 52.5 Å². The highest BCUT2D eigenvalue weighted by molar-refractivity contribution is 5.78. The second kappa shape index (κ2) is 17.6. The molecule has 0 aromatic heterocycles. The first-order chi connectivity index (χ1) is 18.8. The smallest absolute Gasteiger partial charge is 0.490 e. The minimum absolute atomic E-state index is 0.0948. The monoisotopic (exact) mass is 579 g/mol. The molecule has 1 atom stereocenters. The maximum absolute atomic E-state index is 12.4. The summed E-state index contributed by atoms with van der Waals surface area (Å²) in [7, 11) is 0. The molecular weight excluding hydrogens is 539 g/mol. The zero-order valence-corrected chi connectivity index (χ0v) is 23.1. The van der Waals surface area contributed by atoms with Crippen LogP contribution in [0.4, 0.5) is 18.0 Å². The Balaban J connectivity index is 0.00000101. The molecule has 2 amide bonds. The summed E-state index contributed by atoms with van der Waals surface area (Å²) >= 11 is 0. The van der Waals surface area contributed by atoms with E-state index in [4.69, 9.17) is 24.1 Å². The SMILES string of the molecule is CCCCC(C)(C)C(=O)Oc1ccc(OCC(O)CNCCNC(=O)N2CCOCC2)cc1.O=C(O)C(F)(F)F. The van der Waals surface area contributed by atoms with Crippen LogP contribution in [0.2, 0.25) is 0 Å². The number of ether oxygens (including phenoxy) is 3. The van der Waals surface area contributed by atoms with Crippen molar-refractivity contribution < 1.29 is 52.0 Å². The van der Waals surface area contributed by atoms with E-state index in [1.165, 1.54) is 0 Å². The van der Waals surface area contributed by atoms with E-state index in [1.807, 2.05) is 13.8 Å². The van der Waals surface area contributed by atoms with Crippen molar-refractivity contribution in [1.29, 1.82) is 0 Å². The Labute approximate surface area is 232 Å². The van der Waals surface area contributed by atoms with E-state index < -0.39 is 23.7 Å². The molecule has 11 nitrogen and oxygen atoms in total. The lowest BCUT2D eigenvalue weighted by molar-refractivity contribution is -0.192. The number of hydrogen-bond acceptors (Lipinski definition) is 8. The quantitative estimate of drug-likeness (QED) is 0.157. The Morgan fingerprint density at radius 1 is 1.07 bits per heavy atom. The van der Waals surface area contributed by atoms with Crippen LogP contribution in [0, 0.1) is 5.41 Å². The number of carboxylic acid groups (broad SMARTS) is 1. The second-order valence-corrected chi connectivity index (χ2v) is 9.65. The van der Waals surface area contributed by atoms with Crippen LogP contribution in [-0.2, 0) is 14.3 Å². The molecule has 1 heterocycles. The summed E-state index contributed by atoms with van der Waals surface area (Å²) in [6.45, 7) is 9.73. The third-order valence-corrected chi connectivity index (χ3v) is 5.68. The van der Waals surface area contributed by atoms with Crippen molar-refractivity contribution in [1.82, 2.24) is 15.5 Å². The van der Waals surface area contributed by atoms with E-state index in [9.17, 15) is 27.9 Å². The molecule has 0 spiro atoms. The number of aliphatic hydroxyl groups is 1. The van der Waals surface area contributed by atoms with Crippen molar-refractivity contribution in [3.63, 3.8) is 0 Å². The fourth-order valence-corrected chi connectivity index (χ4v) is 3.23. The number of halogens is 3. The van der Waals surface area contributed by atoms with Crippen LogP contribution in [0.5, 0.6) is 11.5 Å². The molecule has 1 fully saturated rings. The summed E-state index contributed by atoms with van der Waals surface area (Å²) in [5.74, 6) is -1.95. The average Bonchev–Trinajstić information content (AvgIpc) is 2.91. The normalized spacial score (nSPS) is 14.4. The number of aliphatic hydroxyl groups excluding tert-OH is 1. The van der Waals surface area contributed by atoms with Crippen molar-refractivity contribution in [3.8, 4) is 11.5 Å². The number of alkyl halides is 3. The van der Waals surface area contributed by atoms with E-state index >= 15 is 0 Å². The highest BCUT2D eigenvalue weighted by Gasteiger charge is 2.38. The third-order valence-electron chi connectivity index (χ3n) is 5.68. The summed E-state index contributed by atoms with van der Waals surface area (Å²) in [6.07, 6.45) is -2.97. The van der Waals surface area contributed by atoms with Gasteiger partial charge in [0.25, 0.3) is 0 Å². The molecule has 1 saturated heterocycles. The number of hydrogen-bond donors (Lipinski definition) is 4. The lowest BCUT2D eigenvalue weighted by atomic mass is 9.87. The number of carbonyl (C=O) groups excluding carboxylic acids is 2. The summed E-state index contributed by atoms with van der Waals surface area (Å²) < 4.78 is 48.1. The number of urea groups is 1. The Kier molecular flexibility index (Phi) is 15.3.